The quantitative estimate of drug-likeness (QED) is 0.922. The van der Waals surface area contributed by atoms with E-state index < -0.39 is 0 Å². The van der Waals surface area contributed by atoms with E-state index in [0.29, 0.717) is 12.5 Å². The van der Waals surface area contributed by atoms with E-state index in [1.54, 1.807) is 0 Å². The summed E-state index contributed by atoms with van der Waals surface area (Å²) in [5.41, 5.74) is 1.19. The smallest absolute Gasteiger partial charge is 0.242 e. The zero-order valence-corrected chi connectivity index (χ0v) is 12.8. The van der Waals surface area contributed by atoms with Crippen molar-refractivity contribution in [3.05, 3.63) is 60.4 Å². The van der Waals surface area contributed by atoms with Gasteiger partial charge in [-0.1, -0.05) is 30.3 Å². The molecule has 0 aliphatic carbocycles. The molecule has 1 aliphatic rings. The largest absolute Gasteiger partial charge is 0.373 e. The minimum atomic E-state index is -0.188. The van der Waals surface area contributed by atoms with Gasteiger partial charge in [-0.15, -0.1) is 0 Å². The molecule has 0 saturated carbocycles. The normalized spacial score (nSPS) is 22.4. The highest BCUT2D eigenvalue weighted by Gasteiger charge is 2.30. The van der Waals surface area contributed by atoms with E-state index in [1.807, 2.05) is 54.2 Å². The number of rotatable bonds is 5. The molecule has 0 radical (unpaired) electrons. The number of hydrogen-bond acceptors (Lipinski definition) is 2. The van der Waals surface area contributed by atoms with Gasteiger partial charge in [0.15, 0.2) is 0 Å². The summed E-state index contributed by atoms with van der Waals surface area (Å²) in [6.45, 7) is 3.33. The summed E-state index contributed by atoms with van der Waals surface area (Å²) < 4.78 is 7.77. The van der Waals surface area contributed by atoms with Crippen molar-refractivity contribution in [3.63, 3.8) is 0 Å². The Balaban J connectivity index is 1.57. The van der Waals surface area contributed by atoms with Gasteiger partial charge in [0, 0.05) is 31.5 Å². The number of nitrogens with one attached hydrogen (secondary N) is 1. The third-order valence-corrected chi connectivity index (χ3v) is 4.33. The molecule has 3 atom stereocenters. The minimum Gasteiger partial charge on any atom is -0.373 e. The summed E-state index contributed by atoms with van der Waals surface area (Å²) in [5.74, 6) is 0.387. The Bertz CT molecular complexity index is 595. The average Bonchev–Trinajstić information content (AvgIpc) is 3.24. The number of carbonyl (C=O) groups excluding carboxylic acids is 1. The lowest BCUT2D eigenvalue weighted by atomic mass is 9.95. The molecule has 0 bridgehead atoms. The molecule has 1 saturated heterocycles. The van der Waals surface area contributed by atoms with E-state index in [0.717, 1.165) is 13.0 Å². The van der Waals surface area contributed by atoms with Crippen molar-refractivity contribution in [2.75, 3.05) is 13.2 Å². The van der Waals surface area contributed by atoms with Crippen molar-refractivity contribution in [3.8, 4) is 0 Å². The van der Waals surface area contributed by atoms with E-state index in [2.05, 4.69) is 17.4 Å². The van der Waals surface area contributed by atoms with Gasteiger partial charge in [-0.2, -0.15) is 0 Å². The van der Waals surface area contributed by atoms with Gasteiger partial charge in [0.2, 0.25) is 5.91 Å². The monoisotopic (exact) mass is 298 g/mol. The van der Waals surface area contributed by atoms with Crippen LogP contribution < -0.4 is 5.32 Å². The van der Waals surface area contributed by atoms with E-state index in [9.17, 15) is 4.79 Å². The zero-order chi connectivity index (χ0) is 15.4. The van der Waals surface area contributed by atoms with Crippen LogP contribution in [0.2, 0.25) is 0 Å². The highest BCUT2D eigenvalue weighted by Crippen LogP contribution is 2.33. The van der Waals surface area contributed by atoms with Gasteiger partial charge in [0.1, 0.15) is 6.04 Å². The maximum atomic E-state index is 12.3. The summed E-state index contributed by atoms with van der Waals surface area (Å²) in [5, 5.41) is 3.07. The molecule has 4 nitrogen and oxygen atoms in total. The lowest BCUT2D eigenvalue weighted by Gasteiger charge is -2.21. The van der Waals surface area contributed by atoms with Crippen molar-refractivity contribution >= 4 is 5.91 Å². The summed E-state index contributed by atoms with van der Waals surface area (Å²) >= 11 is 0. The maximum Gasteiger partial charge on any atom is 0.242 e. The first-order valence-electron chi connectivity index (χ1n) is 7.82. The fourth-order valence-electron chi connectivity index (χ4n) is 2.97. The number of benzene rings is 1. The van der Waals surface area contributed by atoms with E-state index in [4.69, 9.17) is 4.74 Å². The van der Waals surface area contributed by atoms with E-state index in [1.165, 1.54) is 5.56 Å². The second-order valence-electron chi connectivity index (χ2n) is 5.80. The molecule has 1 fully saturated rings. The first kappa shape index (κ1) is 14.9. The topological polar surface area (TPSA) is 43.3 Å². The van der Waals surface area contributed by atoms with Gasteiger partial charge in [-0.05, 0) is 31.0 Å². The number of hydrogen-bond donors (Lipinski definition) is 1. The maximum absolute atomic E-state index is 12.3. The number of ether oxygens (including phenoxy) is 1. The minimum absolute atomic E-state index is 0.0508. The van der Waals surface area contributed by atoms with Crippen molar-refractivity contribution in [2.45, 2.75) is 25.5 Å². The lowest BCUT2D eigenvalue weighted by molar-refractivity contribution is -0.124. The molecule has 0 spiro atoms. The Labute approximate surface area is 131 Å². The predicted octanol–water partition coefficient (Wildman–Crippen LogP) is 2.94. The molecule has 1 N–H and O–H groups in total. The van der Waals surface area contributed by atoms with Crippen molar-refractivity contribution < 1.29 is 9.53 Å². The zero-order valence-electron chi connectivity index (χ0n) is 12.8. The summed E-state index contributed by atoms with van der Waals surface area (Å²) in [6, 6.07) is 13.9. The van der Waals surface area contributed by atoms with Crippen molar-refractivity contribution in [2.24, 2.45) is 5.92 Å². The van der Waals surface area contributed by atoms with Crippen LogP contribution in [0.3, 0.4) is 0 Å². The van der Waals surface area contributed by atoms with Gasteiger partial charge >= 0.3 is 0 Å². The van der Waals surface area contributed by atoms with Crippen LogP contribution in [-0.4, -0.2) is 23.6 Å². The van der Waals surface area contributed by atoms with E-state index in [-0.39, 0.29) is 18.1 Å². The van der Waals surface area contributed by atoms with Crippen LogP contribution in [0.25, 0.3) is 0 Å². The number of carbonyl (C=O) groups is 1. The second kappa shape index (κ2) is 6.79. The molecule has 22 heavy (non-hydrogen) atoms. The van der Waals surface area contributed by atoms with Gasteiger partial charge in [0.25, 0.3) is 0 Å². The Morgan fingerprint density at radius 3 is 2.73 bits per heavy atom. The Kier molecular flexibility index (Phi) is 4.59. The van der Waals surface area contributed by atoms with Crippen LogP contribution in [0.5, 0.6) is 0 Å². The molecule has 1 aliphatic heterocycles. The molecule has 1 aromatic carbocycles. The Morgan fingerprint density at radius 2 is 2.00 bits per heavy atom. The average molecular weight is 298 g/mol. The molecule has 3 rings (SSSR count). The number of aromatic nitrogens is 1. The Morgan fingerprint density at radius 1 is 1.27 bits per heavy atom. The van der Waals surface area contributed by atoms with Crippen LogP contribution in [-0.2, 0) is 9.53 Å². The molecule has 2 heterocycles. The van der Waals surface area contributed by atoms with Gasteiger partial charge in [-0.25, -0.2) is 0 Å². The van der Waals surface area contributed by atoms with Crippen LogP contribution in [0.1, 0.15) is 31.1 Å². The van der Waals surface area contributed by atoms with Crippen LogP contribution in [0.4, 0.5) is 0 Å². The predicted molar refractivity (Wildman–Crippen MR) is 85.4 cm³/mol. The Hall–Kier alpha value is -2.07. The van der Waals surface area contributed by atoms with Crippen molar-refractivity contribution in [1.29, 1.82) is 0 Å². The first-order valence-corrected chi connectivity index (χ1v) is 7.82. The second-order valence-corrected chi connectivity index (χ2v) is 5.80. The third kappa shape index (κ3) is 3.22. The lowest BCUT2D eigenvalue weighted by Crippen LogP contribution is -2.35. The molecule has 1 amide bonds. The van der Waals surface area contributed by atoms with Crippen LogP contribution in [0, 0.1) is 5.92 Å². The highest BCUT2D eigenvalue weighted by atomic mass is 16.5. The summed E-state index contributed by atoms with van der Waals surface area (Å²) in [6.07, 6.45) is 4.90. The number of amides is 1. The standard InChI is InChI=1S/C18H22N2O2/c1-14(20-10-5-6-11-20)18(21)19-13-16-9-12-22-17(16)15-7-3-2-4-8-15/h2-8,10-11,14,16-17H,9,12-13H2,1H3,(H,19,21)/t14?,16-,17-/m1/s1. The molecular formula is C18H22N2O2. The number of nitrogens with zero attached hydrogens (tertiary/aromatic N) is 1. The van der Waals surface area contributed by atoms with E-state index >= 15 is 0 Å². The highest BCUT2D eigenvalue weighted by molar-refractivity contribution is 5.79. The van der Waals surface area contributed by atoms with Crippen molar-refractivity contribution in [1.82, 2.24) is 9.88 Å². The van der Waals surface area contributed by atoms with Gasteiger partial charge in [-0.3, -0.25) is 4.79 Å². The summed E-state index contributed by atoms with van der Waals surface area (Å²) in [7, 11) is 0. The first-order chi connectivity index (χ1) is 10.8. The fourth-order valence-corrected chi connectivity index (χ4v) is 2.97. The molecule has 4 heteroatoms. The van der Waals surface area contributed by atoms with Gasteiger partial charge in [0.05, 0.1) is 6.10 Å². The summed E-state index contributed by atoms with van der Waals surface area (Å²) in [4.78, 5) is 12.3. The molecule has 116 valence electrons. The molecule has 1 aromatic heterocycles. The van der Waals surface area contributed by atoms with Crippen LogP contribution >= 0.6 is 0 Å². The van der Waals surface area contributed by atoms with Crippen LogP contribution in [0.15, 0.2) is 54.9 Å². The molecule has 2 aromatic rings. The molecule has 1 unspecified atom stereocenters. The van der Waals surface area contributed by atoms with Gasteiger partial charge < -0.3 is 14.6 Å². The molecular weight excluding hydrogens is 276 g/mol. The SMILES string of the molecule is CC(C(=O)NC[C@H]1CCO[C@@H]1c1ccccc1)n1cccc1. The fraction of sp³-hybridized carbons (Fsp3) is 0.389. The third-order valence-electron chi connectivity index (χ3n) is 4.33.